The number of aryl methyl sites for hydroxylation is 3. The number of hydrogen-bond acceptors (Lipinski definition) is 5. The zero-order valence-corrected chi connectivity index (χ0v) is 19.6. The zero-order chi connectivity index (χ0) is 22.9. The molecule has 0 bridgehead atoms. The first-order chi connectivity index (χ1) is 15.3. The number of aromatic nitrogens is 3. The topological polar surface area (TPSA) is 88.4 Å². The number of amides is 1. The lowest BCUT2D eigenvalue weighted by atomic mass is 10.1. The monoisotopic (exact) mass is 455 g/mol. The second-order valence-electron chi connectivity index (χ2n) is 8.18. The van der Waals surface area contributed by atoms with Crippen molar-refractivity contribution in [1.29, 1.82) is 0 Å². The van der Waals surface area contributed by atoms with Crippen LogP contribution in [0.3, 0.4) is 0 Å². The van der Waals surface area contributed by atoms with Crippen molar-refractivity contribution in [3.05, 3.63) is 53.3 Å². The van der Waals surface area contributed by atoms with Crippen molar-refractivity contribution >= 4 is 27.0 Å². The lowest BCUT2D eigenvalue weighted by Crippen LogP contribution is -2.50. The van der Waals surface area contributed by atoms with Gasteiger partial charge in [-0.1, -0.05) is 31.5 Å². The first-order valence-electron chi connectivity index (χ1n) is 11.0. The largest absolute Gasteiger partial charge is 0.336 e. The van der Waals surface area contributed by atoms with Crippen molar-refractivity contribution in [2.24, 2.45) is 0 Å². The molecule has 1 aliphatic heterocycles. The van der Waals surface area contributed by atoms with E-state index in [4.69, 9.17) is 0 Å². The predicted octanol–water partition coefficient (Wildman–Crippen LogP) is 2.99. The molecular formula is C23H29N5O3S. The highest BCUT2D eigenvalue weighted by Crippen LogP contribution is 2.25. The van der Waals surface area contributed by atoms with Gasteiger partial charge in [0, 0.05) is 38.4 Å². The molecule has 3 heterocycles. The molecule has 1 saturated heterocycles. The van der Waals surface area contributed by atoms with Gasteiger partial charge in [-0.2, -0.15) is 9.40 Å². The SMILES string of the molecule is CCCCn1nc(C)c2c(C(=O)N3CCN(S(=O)(=O)c4ccccc4)CC3)cc(C)nc21. The summed E-state index contributed by atoms with van der Waals surface area (Å²) in [6.07, 6.45) is 2.04. The van der Waals surface area contributed by atoms with Crippen LogP contribution in [0.25, 0.3) is 11.0 Å². The Bertz CT molecular complexity index is 1230. The average molecular weight is 456 g/mol. The number of pyridine rings is 1. The number of hydrogen-bond donors (Lipinski definition) is 0. The summed E-state index contributed by atoms with van der Waals surface area (Å²) in [6.45, 7) is 7.91. The molecular weight excluding hydrogens is 426 g/mol. The van der Waals surface area contributed by atoms with Gasteiger partial charge >= 0.3 is 0 Å². The molecule has 8 nitrogen and oxygen atoms in total. The molecule has 0 radical (unpaired) electrons. The van der Waals surface area contributed by atoms with Gasteiger partial charge < -0.3 is 4.90 Å². The number of benzene rings is 1. The van der Waals surface area contributed by atoms with Gasteiger partial charge in [0.2, 0.25) is 10.0 Å². The Hall–Kier alpha value is -2.78. The van der Waals surface area contributed by atoms with Gasteiger partial charge in [-0.25, -0.2) is 18.1 Å². The van der Waals surface area contributed by atoms with E-state index in [1.807, 2.05) is 24.6 Å². The van der Waals surface area contributed by atoms with Gasteiger partial charge in [-0.05, 0) is 38.5 Å². The van der Waals surface area contributed by atoms with Crippen molar-refractivity contribution < 1.29 is 13.2 Å². The van der Waals surface area contributed by atoms with E-state index in [1.165, 1.54) is 4.31 Å². The van der Waals surface area contributed by atoms with Crippen LogP contribution in [0.15, 0.2) is 41.3 Å². The third kappa shape index (κ3) is 4.14. The number of carbonyl (C=O) groups excluding carboxylic acids is 1. The minimum Gasteiger partial charge on any atom is -0.336 e. The fraction of sp³-hybridized carbons (Fsp3) is 0.435. The Labute approximate surface area is 188 Å². The highest BCUT2D eigenvalue weighted by molar-refractivity contribution is 7.89. The van der Waals surface area contributed by atoms with Gasteiger partial charge in [0.05, 0.1) is 21.5 Å². The van der Waals surface area contributed by atoms with Crippen molar-refractivity contribution in [2.45, 2.75) is 45.1 Å². The van der Waals surface area contributed by atoms with Crippen LogP contribution in [0.1, 0.15) is 41.5 Å². The normalized spacial score (nSPS) is 15.4. The molecule has 170 valence electrons. The van der Waals surface area contributed by atoms with Gasteiger partial charge in [0.15, 0.2) is 5.65 Å². The number of sulfonamides is 1. The van der Waals surface area contributed by atoms with E-state index in [0.717, 1.165) is 41.8 Å². The molecule has 4 rings (SSSR count). The number of nitrogens with zero attached hydrogens (tertiary/aromatic N) is 5. The van der Waals surface area contributed by atoms with Crippen LogP contribution in [-0.2, 0) is 16.6 Å². The Balaban J connectivity index is 1.57. The number of piperazine rings is 1. The molecule has 3 aromatic rings. The third-order valence-corrected chi connectivity index (χ3v) is 7.78. The highest BCUT2D eigenvalue weighted by Gasteiger charge is 2.31. The minimum atomic E-state index is -3.56. The maximum Gasteiger partial charge on any atom is 0.254 e. The molecule has 9 heteroatoms. The van der Waals surface area contributed by atoms with Crippen LogP contribution in [0.5, 0.6) is 0 Å². The summed E-state index contributed by atoms with van der Waals surface area (Å²) in [5.74, 6) is -0.101. The van der Waals surface area contributed by atoms with Gasteiger partial charge in [0.25, 0.3) is 5.91 Å². The zero-order valence-electron chi connectivity index (χ0n) is 18.8. The van der Waals surface area contributed by atoms with Crippen molar-refractivity contribution in [3.63, 3.8) is 0 Å². The van der Waals surface area contributed by atoms with Crippen molar-refractivity contribution in [2.75, 3.05) is 26.2 Å². The first kappa shape index (κ1) is 22.4. The molecule has 0 spiro atoms. The Morgan fingerprint density at radius 2 is 1.75 bits per heavy atom. The molecule has 1 aliphatic rings. The number of rotatable bonds is 6. The Morgan fingerprint density at radius 1 is 1.06 bits per heavy atom. The minimum absolute atomic E-state index is 0.101. The van der Waals surface area contributed by atoms with Gasteiger partial charge in [-0.3, -0.25) is 4.79 Å². The van der Waals surface area contributed by atoms with E-state index in [2.05, 4.69) is 17.0 Å². The second-order valence-corrected chi connectivity index (χ2v) is 10.1. The first-order valence-corrected chi connectivity index (χ1v) is 12.5. The lowest BCUT2D eigenvalue weighted by Gasteiger charge is -2.34. The fourth-order valence-corrected chi connectivity index (χ4v) is 5.60. The second kappa shape index (κ2) is 8.99. The Morgan fingerprint density at radius 3 is 2.41 bits per heavy atom. The molecule has 0 N–H and O–H groups in total. The summed E-state index contributed by atoms with van der Waals surface area (Å²) >= 11 is 0. The number of unbranched alkanes of at least 4 members (excludes halogenated alkanes) is 1. The van der Waals surface area contributed by atoms with Crippen molar-refractivity contribution in [1.82, 2.24) is 24.0 Å². The smallest absolute Gasteiger partial charge is 0.254 e. The van der Waals surface area contributed by atoms with Crippen LogP contribution >= 0.6 is 0 Å². The summed E-state index contributed by atoms with van der Waals surface area (Å²) < 4.78 is 29.1. The van der Waals surface area contributed by atoms with E-state index >= 15 is 0 Å². The summed E-state index contributed by atoms with van der Waals surface area (Å²) in [6, 6.07) is 10.2. The van der Waals surface area contributed by atoms with E-state index < -0.39 is 10.0 Å². The molecule has 1 fully saturated rings. The van der Waals surface area contributed by atoms with Crippen molar-refractivity contribution in [3.8, 4) is 0 Å². The maximum atomic E-state index is 13.5. The molecule has 1 aromatic carbocycles. The van der Waals surface area contributed by atoms with Gasteiger partial charge in [0.1, 0.15) is 0 Å². The summed E-state index contributed by atoms with van der Waals surface area (Å²) in [7, 11) is -3.56. The van der Waals surface area contributed by atoms with E-state index in [9.17, 15) is 13.2 Å². The van der Waals surface area contributed by atoms with E-state index in [1.54, 1.807) is 35.2 Å². The highest BCUT2D eigenvalue weighted by atomic mass is 32.2. The van der Waals surface area contributed by atoms with Crippen LogP contribution in [0.4, 0.5) is 0 Å². The third-order valence-electron chi connectivity index (χ3n) is 5.87. The van der Waals surface area contributed by atoms with Crippen LogP contribution in [0, 0.1) is 13.8 Å². The summed E-state index contributed by atoms with van der Waals surface area (Å²) in [4.78, 5) is 20.1. The maximum absolute atomic E-state index is 13.5. The molecule has 0 atom stereocenters. The quantitative estimate of drug-likeness (QED) is 0.570. The molecule has 0 unspecified atom stereocenters. The Kier molecular flexibility index (Phi) is 6.30. The van der Waals surface area contributed by atoms with Crippen LogP contribution < -0.4 is 0 Å². The van der Waals surface area contributed by atoms with Crippen LogP contribution in [0.2, 0.25) is 0 Å². The lowest BCUT2D eigenvalue weighted by molar-refractivity contribution is 0.0699. The van der Waals surface area contributed by atoms with E-state index in [-0.39, 0.29) is 23.9 Å². The molecule has 32 heavy (non-hydrogen) atoms. The average Bonchev–Trinajstić information content (AvgIpc) is 3.12. The molecule has 2 aromatic heterocycles. The summed E-state index contributed by atoms with van der Waals surface area (Å²) in [5.41, 5.74) is 2.89. The van der Waals surface area contributed by atoms with Gasteiger partial charge in [-0.15, -0.1) is 0 Å². The van der Waals surface area contributed by atoms with E-state index in [0.29, 0.717) is 18.7 Å². The molecule has 0 aliphatic carbocycles. The fourth-order valence-electron chi connectivity index (χ4n) is 4.15. The standard InChI is InChI=1S/C23H29N5O3S/c1-4-5-11-28-22-21(18(3)25-28)20(16-17(2)24-22)23(29)26-12-14-27(15-13-26)32(30,31)19-9-7-6-8-10-19/h6-10,16H,4-5,11-15H2,1-3H3. The predicted molar refractivity (Wildman–Crippen MR) is 123 cm³/mol. The number of fused-ring (bicyclic) bond motifs is 1. The molecule has 0 saturated carbocycles. The summed E-state index contributed by atoms with van der Waals surface area (Å²) in [5, 5.41) is 5.42. The molecule has 1 amide bonds. The number of carbonyl (C=O) groups is 1. The van der Waals surface area contributed by atoms with Crippen LogP contribution in [-0.4, -0.2) is 64.5 Å².